The van der Waals surface area contributed by atoms with Crippen molar-refractivity contribution in [2.24, 2.45) is 0 Å². The zero-order chi connectivity index (χ0) is 18.2. The molecule has 26 heavy (non-hydrogen) atoms. The lowest BCUT2D eigenvalue weighted by Crippen LogP contribution is -2.44. The van der Waals surface area contributed by atoms with Crippen LogP contribution in [0.25, 0.3) is 0 Å². The summed E-state index contributed by atoms with van der Waals surface area (Å²) in [7, 11) is 0. The summed E-state index contributed by atoms with van der Waals surface area (Å²) in [6.07, 6.45) is 5.71. The third-order valence-corrected chi connectivity index (χ3v) is 5.01. The van der Waals surface area contributed by atoms with E-state index in [4.69, 9.17) is 8.83 Å². The van der Waals surface area contributed by atoms with E-state index < -0.39 is 11.0 Å². The highest BCUT2D eigenvalue weighted by Crippen LogP contribution is 2.48. The molecule has 0 unspecified atom stereocenters. The second-order valence-corrected chi connectivity index (χ2v) is 6.62. The van der Waals surface area contributed by atoms with Crippen LogP contribution < -0.4 is 5.32 Å². The van der Waals surface area contributed by atoms with Crippen molar-refractivity contribution < 1.29 is 23.1 Å². The minimum absolute atomic E-state index is 0.0676. The summed E-state index contributed by atoms with van der Waals surface area (Å²) in [5, 5.41) is 14.0. The lowest BCUT2D eigenvalue weighted by atomic mass is 9.91. The van der Waals surface area contributed by atoms with E-state index in [1.54, 1.807) is 30.3 Å². The Bertz CT molecular complexity index is 846. The summed E-state index contributed by atoms with van der Waals surface area (Å²) in [6, 6.07) is 10.9. The summed E-state index contributed by atoms with van der Waals surface area (Å²) in [5.74, 6) is -0.222. The van der Waals surface area contributed by atoms with E-state index in [1.165, 1.54) is 30.9 Å². The predicted molar refractivity (Wildman–Crippen MR) is 90.7 cm³/mol. The molecule has 4 rings (SSSR count). The van der Waals surface area contributed by atoms with Gasteiger partial charge in [0.2, 0.25) is 5.91 Å². The monoisotopic (exact) mass is 355 g/mol. The van der Waals surface area contributed by atoms with Crippen molar-refractivity contribution in [2.45, 2.75) is 23.9 Å². The van der Waals surface area contributed by atoms with E-state index >= 15 is 0 Å². The van der Waals surface area contributed by atoms with Gasteiger partial charge in [0.1, 0.15) is 11.6 Å². The Balaban J connectivity index is 1.55. The topological polar surface area (TPSA) is 75.6 Å². The molecule has 5 nitrogen and oxygen atoms in total. The van der Waals surface area contributed by atoms with E-state index in [9.17, 15) is 14.3 Å². The number of benzene rings is 1. The van der Waals surface area contributed by atoms with Crippen molar-refractivity contribution in [3.05, 3.63) is 84.0 Å². The van der Waals surface area contributed by atoms with Crippen molar-refractivity contribution in [1.82, 2.24) is 5.32 Å². The number of halogens is 1. The molecule has 0 spiro atoms. The van der Waals surface area contributed by atoms with E-state index in [0.717, 1.165) is 5.56 Å². The molecule has 1 aliphatic carbocycles. The average molecular weight is 355 g/mol. The van der Waals surface area contributed by atoms with Crippen LogP contribution >= 0.6 is 0 Å². The maximum atomic E-state index is 13.2. The second kappa shape index (κ2) is 6.14. The van der Waals surface area contributed by atoms with Crippen LogP contribution in [0.2, 0.25) is 0 Å². The molecule has 0 saturated heterocycles. The first-order chi connectivity index (χ1) is 12.5. The Hall–Kier alpha value is -2.86. The summed E-state index contributed by atoms with van der Waals surface area (Å²) in [6.45, 7) is -0.0676. The molecule has 134 valence electrons. The number of furan rings is 2. The van der Waals surface area contributed by atoms with Gasteiger partial charge in [0.05, 0.1) is 30.7 Å². The predicted octanol–water partition coefficient (Wildman–Crippen LogP) is 3.10. The maximum absolute atomic E-state index is 13.2. The third kappa shape index (κ3) is 2.72. The molecule has 1 aliphatic rings. The van der Waals surface area contributed by atoms with Crippen LogP contribution in [0.3, 0.4) is 0 Å². The van der Waals surface area contributed by atoms with Gasteiger partial charge in [0, 0.05) is 5.56 Å². The first-order valence-corrected chi connectivity index (χ1v) is 8.38. The van der Waals surface area contributed by atoms with Crippen LogP contribution in [-0.4, -0.2) is 17.6 Å². The maximum Gasteiger partial charge on any atom is 0.230 e. The van der Waals surface area contributed by atoms with Crippen molar-refractivity contribution in [1.29, 1.82) is 0 Å². The zero-order valence-corrected chi connectivity index (χ0v) is 13.9. The van der Waals surface area contributed by atoms with Gasteiger partial charge >= 0.3 is 0 Å². The molecule has 0 aliphatic heterocycles. The van der Waals surface area contributed by atoms with Crippen molar-refractivity contribution in [3.63, 3.8) is 0 Å². The fourth-order valence-electron chi connectivity index (χ4n) is 3.26. The quantitative estimate of drug-likeness (QED) is 0.712. The minimum atomic E-state index is -1.54. The van der Waals surface area contributed by atoms with Gasteiger partial charge in [-0.3, -0.25) is 4.79 Å². The van der Waals surface area contributed by atoms with Crippen LogP contribution in [-0.2, 0) is 15.8 Å². The first kappa shape index (κ1) is 16.6. The molecule has 3 aromatic rings. The van der Waals surface area contributed by atoms with Crippen LogP contribution in [0.15, 0.2) is 70.1 Å². The van der Waals surface area contributed by atoms with Crippen molar-refractivity contribution in [3.8, 4) is 0 Å². The molecule has 1 saturated carbocycles. The van der Waals surface area contributed by atoms with Crippen molar-refractivity contribution >= 4 is 5.91 Å². The Morgan fingerprint density at radius 2 is 1.96 bits per heavy atom. The normalized spacial score (nSPS) is 17.5. The molecule has 2 heterocycles. The summed E-state index contributed by atoms with van der Waals surface area (Å²) in [5.41, 5.74) is -0.931. The third-order valence-electron chi connectivity index (χ3n) is 5.01. The number of nitrogens with one attached hydrogen (secondary N) is 1. The van der Waals surface area contributed by atoms with Crippen molar-refractivity contribution in [2.75, 3.05) is 6.54 Å². The van der Waals surface area contributed by atoms with Crippen LogP contribution in [0, 0.1) is 5.82 Å². The van der Waals surface area contributed by atoms with Gasteiger partial charge in [-0.05, 0) is 48.7 Å². The smallest absolute Gasteiger partial charge is 0.230 e. The van der Waals surface area contributed by atoms with Gasteiger partial charge in [-0.1, -0.05) is 12.1 Å². The SMILES string of the molecule is O=C(NC[C@](O)(c1ccoc1)c1ccco1)C1(c2ccc(F)cc2)CC1. The molecular weight excluding hydrogens is 337 g/mol. The molecule has 6 heteroatoms. The standard InChI is InChI=1S/C20H18FNO4/c21-16-5-3-14(4-6-16)19(8-9-19)18(23)22-13-20(24,15-7-11-25-12-15)17-2-1-10-26-17/h1-7,10-12,24H,8-9,13H2,(H,22,23)/t20-/m0/s1. The summed E-state index contributed by atoms with van der Waals surface area (Å²) < 4.78 is 23.6. The Labute approximate surface area is 149 Å². The number of hydrogen-bond donors (Lipinski definition) is 2. The molecule has 1 fully saturated rings. The zero-order valence-electron chi connectivity index (χ0n) is 13.9. The molecule has 1 atom stereocenters. The first-order valence-electron chi connectivity index (χ1n) is 8.38. The number of amides is 1. The molecular formula is C20H18FNO4. The number of carbonyl (C=O) groups excluding carboxylic acids is 1. The number of hydrogen-bond acceptors (Lipinski definition) is 4. The largest absolute Gasteiger partial charge is 0.472 e. The highest BCUT2D eigenvalue weighted by molar-refractivity contribution is 5.91. The van der Waals surface area contributed by atoms with Gasteiger partial charge in [-0.2, -0.15) is 0 Å². The number of rotatable bonds is 6. The van der Waals surface area contributed by atoms with E-state index in [-0.39, 0.29) is 18.3 Å². The van der Waals surface area contributed by atoms with Crippen LogP contribution in [0.4, 0.5) is 4.39 Å². The lowest BCUT2D eigenvalue weighted by Gasteiger charge is -2.26. The van der Waals surface area contributed by atoms with Crippen LogP contribution in [0.5, 0.6) is 0 Å². The molecule has 0 radical (unpaired) electrons. The molecule has 2 aromatic heterocycles. The average Bonchev–Trinajstić information content (AvgIpc) is 3.08. The molecule has 0 bridgehead atoms. The van der Waals surface area contributed by atoms with Gasteiger partial charge in [0.25, 0.3) is 0 Å². The van der Waals surface area contributed by atoms with Gasteiger partial charge in [-0.15, -0.1) is 0 Å². The molecule has 1 aromatic carbocycles. The van der Waals surface area contributed by atoms with Gasteiger partial charge < -0.3 is 19.3 Å². The number of carbonyl (C=O) groups is 1. The number of aliphatic hydroxyl groups is 1. The van der Waals surface area contributed by atoms with E-state index in [1.807, 2.05) is 0 Å². The minimum Gasteiger partial charge on any atom is -0.472 e. The lowest BCUT2D eigenvalue weighted by molar-refractivity contribution is -0.124. The van der Waals surface area contributed by atoms with Gasteiger partial charge in [0.15, 0.2) is 5.60 Å². The summed E-state index contributed by atoms with van der Waals surface area (Å²) in [4.78, 5) is 12.8. The highest BCUT2D eigenvalue weighted by Gasteiger charge is 2.51. The summed E-state index contributed by atoms with van der Waals surface area (Å²) >= 11 is 0. The Kier molecular flexibility index (Phi) is 3.92. The van der Waals surface area contributed by atoms with E-state index in [0.29, 0.717) is 24.2 Å². The van der Waals surface area contributed by atoms with Crippen LogP contribution in [0.1, 0.15) is 29.7 Å². The molecule has 1 amide bonds. The highest BCUT2D eigenvalue weighted by atomic mass is 19.1. The Morgan fingerprint density at radius 3 is 2.54 bits per heavy atom. The van der Waals surface area contributed by atoms with Gasteiger partial charge in [-0.25, -0.2) is 4.39 Å². The molecule has 2 N–H and O–H groups in total. The Morgan fingerprint density at radius 1 is 1.19 bits per heavy atom. The second-order valence-electron chi connectivity index (χ2n) is 6.62. The fraction of sp³-hybridized carbons (Fsp3) is 0.250. The fourth-order valence-corrected chi connectivity index (χ4v) is 3.26. The van der Waals surface area contributed by atoms with E-state index in [2.05, 4.69) is 5.32 Å².